The maximum atomic E-state index is 9.74. The zero-order valence-electron chi connectivity index (χ0n) is 11.2. The third-order valence-electron chi connectivity index (χ3n) is 2.61. The monoisotopic (exact) mass is 215 g/mol. The van der Waals surface area contributed by atoms with Crippen LogP contribution in [0.1, 0.15) is 52.9 Å². The maximum absolute atomic E-state index is 9.74. The summed E-state index contributed by atoms with van der Waals surface area (Å²) in [6, 6.07) is 0. The number of hydrogen-bond donors (Lipinski definition) is 1. The van der Waals surface area contributed by atoms with Crippen molar-refractivity contribution in [2.24, 2.45) is 5.41 Å². The topological polar surface area (TPSA) is 23.5 Å². The van der Waals surface area contributed by atoms with Crippen molar-refractivity contribution in [3.05, 3.63) is 0 Å². The molecule has 1 atom stereocenters. The summed E-state index contributed by atoms with van der Waals surface area (Å²) in [7, 11) is 4.15. The molecule has 0 bridgehead atoms. The molecule has 0 aromatic heterocycles. The fourth-order valence-electron chi connectivity index (χ4n) is 1.66. The number of rotatable bonds is 7. The standard InChI is InChI=1S/C13H29NO/c1-13(2,3)10-6-8-12(15)9-7-11-14(4)5/h12,15H,6-11H2,1-5H3/t12-/m0/s1. The summed E-state index contributed by atoms with van der Waals surface area (Å²) in [4.78, 5) is 2.17. The van der Waals surface area contributed by atoms with E-state index in [-0.39, 0.29) is 6.10 Å². The van der Waals surface area contributed by atoms with Crippen LogP contribution in [-0.4, -0.2) is 36.8 Å². The van der Waals surface area contributed by atoms with Crippen LogP contribution in [0.15, 0.2) is 0 Å². The Morgan fingerprint density at radius 2 is 1.60 bits per heavy atom. The van der Waals surface area contributed by atoms with Crippen molar-refractivity contribution in [1.29, 1.82) is 0 Å². The molecule has 0 aromatic rings. The van der Waals surface area contributed by atoms with Crippen LogP contribution in [0.25, 0.3) is 0 Å². The van der Waals surface area contributed by atoms with Gasteiger partial charge in [0.2, 0.25) is 0 Å². The molecule has 0 heterocycles. The van der Waals surface area contributed by atoms with Crippen LogP contribution in [0.5, 0.6) is 0 Å². The number of aliphatic hydroxyl groups is 1. The SMILES string of the molecule is CN(C)CCC[C@@H](O)CCCC(C)(C)C. The summed E-state index contributed by atoms with van der Waals surface area (Å²) >= 11 is 0. The van der Waals surface area contributed by atoms with Crippen molar-refractivity contribution in [3.63, 3.8) is 0 Å². The van der Waals surface area contributed by atoms with Crippen molar-refractivity contribution in [3.8, 4) is 0 Å². The van der Waals surface area contributed by atoms with Gasteiger partial charge in [0.1, 0.15) is 0 Å². The molecule has 0 spiro atoms. The predicted molar refractivity (Wildman–Crippen MR) is 67.1 cm³/mol. The molecule has 15 heavy (non-hydrogen) atoms. The van der Waals surface area contributed by atoms with E-state index in [9.17, 15) is 5.11 Å². The van der Waals surface area contributed by atoms with Crippen molar-refractivity contribution < 1.29 is 5.11 Å². The Morgan fingerprint density at radius 3 is 2.07 bits per heavy atom. The molecule has 0 fully saturated rings. The van der Waals surface area contributed by atoms with E-state index in [4.69, 9.17) is 0 Å². The second-order valence-electron chi connectivity index (χ2n) is 6.05. The highest BCUT2D eigenvalue weighted by atomic mass is 16.3. The quantitative estimate of drug-likeness (QED) is 0.706. The first-order valence-electron chi connectivity index (χ1n) is 6.14. The molecule has 0 amide bonds. The molecular formula is C13H29NO. The van der Waals surface area contributed by atoms with Crippen LogP contribution in [0.3, 0.4) is 0 Å². The fourth-order valence-corrected chi connectivity index (χ4v) is 1.66. The van der Waals surface area contributed by atoms with Crippen molar-refractivity contribution in [2.45, 2.75) is 59.0 Å². The number of hydrogen-bond acceptors (Lipinski definition) is 2. The highest BCUT2D eigenvalue weighted by Crippen LogP contribution is 2.22. The Balaban J connectivity index is 3.37. The van der Waals surface area contributed by atoms with Gasteiger partial charge in [-0.15, -0.1) is 0 Å². The van der Waals surface area contributed by atoms with Gasteiger partial charge in [0, 0.05) is 0 Å². The molecule has 0 saturated heterocycles. The lowest BCUT2D eigenvalue weighted by atomic mass is 9.89. The lowest BCUT2D eigenvalue weighted by Gasteiger charge is -2.19. The highest BCUT2D eigenvalue weighted by molar-refractivity contribution is 4.64. The lowest BCUT2D eigenvalue weighted by Crippen LogP contribution is -2.16. The van der Waals surface area contributed by atoms with Crippen molar-refractivity contribution >= 4 is 0 Å². The van der Waals surface area contributed by atoms with Gasteiger partial charge in [0.15, 0.2) is 0 Å². The van der Waals surface area contributed by atoms with E-state index in [0.29, 0.717) is 5.41 Å². The van der Waals surface area contributed by atoms with E-state index in [1.165, 1.54) is 6.42 Å². The van der Waals surface area contributed by atoms with E-state index >= 15 is 0 Å². The Labute approximate surface area is 95.7 Å². The largest absolute Gasteiger partial charge is 0.393 e. The van der Waals surface area contributed by atoms with E-state index in [1.54, 1.807) is 0 Å². The average Bonchev–Trinajstić information content (AvgIpc) is 2.00. The summed E-state index contributed by atoms with van der Waals surface area (Å²) in [5.74, 6) is 0. The second-order valence-corrected chi connectivity index (χ2v) is 6.05. The molecule has 1 N–H and O–H groups in total. The molecule has 0 radical (unpaired) electrons. The summed E-state index contributed by atoms with van der Waals surface area (Å²) in [6.45, 7) is 7.85. The predicted octanol–water partition coefficient (Wildman–Crippen LogP) is 2.91. The number of aliphatic hydroxyl groups excluding tert-OH is 1. The molecule has 0 aliphatic rings. The number of nitrogens with zero attached hydrogens (tertiary/aromatic N) is 1. The van der Waals surface area contributed by atoms with Gasteiger partial charge in [-0.3, -0.25) is 0 Å². The van der Waals surface area contributed by atoms with Crippen LogP contribution in [0.2, 0.25) is 0 Å². The van der Waals surface area contributed by atoms with E-state index in [1.807, 2.05) is 0 Å². The van der Waals surface area contributed by atoms with Gasteiger partial charge in [-0.1, -0.05) is 27.2 Å². The van der Waals surface area contributed by atoms with E-state index in [2.05, 4.69) is 39.8 Å². The lowest BCUT2D eigenvalue weighted by molar-refractivity contribution is 0.140. The molecule has 0 rings (SSSR count). The molecule has 92 valence electrons. The smallest absolute Gasteiger partial charge is 0.0540 e. The minimum atomic E-state index is -0.0905. The molecule has 2 nitrogen and oxygen atoms in total. The first kappa shape index (κ1) is 14.9. The fraction of sp³-hybridized carbons (Fsp3) is 1.00. The minimum Gasteiger partial charge on any atom is -0.393 e. The third kappa shape index (κ3) is 11.8. The molecule has 0 saturated carbocycles. The maximum Gasteiger partial charge on any atom is 0.0540 e. The molecular weight excluding hydrogens is 186 g/mol. The van der Waals surface area contributed by atoms with Gasteiger partial charge in [-0.05, 0) is 51.7 Å². The zero-order chi connectivity index (χ0) is 11.9. The summed E-state index contributed by atoms with van der Waals surface area (Å²) in [5.41, 5.74) is 0.406. The van der Waals surface area contributed by atoms with Gasteiger partial charge < -0.3 is 10.0 Å². The van der Waals surface area contributed by atoms with Crippen molar-refractivity contribution in [1.82, 2.24) is 4.90 Å². The third-order valence-corrected chi connectivity index (χ3v) is 2.61. The van der Waals surface area contributed by atoms with Gasteiger partial charge >= 0.3 is 0 Å². The summed E-state index contributed by atoms with van der Waals surface area (Å²) in [6.07, 6.45) is 5.27. The Hall–Kier alpha value is -0.0800. The molecule has 0 unspecified atom stereocenters. The van der Waals surface area contributed by atoms with Gasteiger partial charge in [-0.2, -0.15) is 0 Å². The zero-order valence-corrected chi connectivity index (χ0v) is 11.2. The van der Waals surface area contributed by atoms with Crippen molar-refractivity contribution in [2.75, 3.05) is 20.6 Å². The van der Waals surface area contributed by atoms with E-state index in [0.717, 1.165) is 32.2 Å². The Bertz CT molecular complexity index is 149. The van der Waals surface area contributed by atoms with Gasteiger partial charge in [0.25, 0.3) is 0 Å². The molecule has 0 aliphatic heterocycles. The molecule has 2 heteroatoms. The van der Waals surface area contributed by atoms with Crippen LogP contribution in [0.4, 0.5) is 0 Å². The van der Waals surface area contributed by atoms with Crippen LogP contribution in [-0.2, 0) is 0 Å². The van der Waals surface area contributed by atoms with Gasteiger partial charge in [0.05, 0.1) is 6.10 Å². The first-order valence-corrected chi connectivity index (χ1v) is 6.14. The summed E-state index contributed by atoms with van der Waals surface area (Å²) in [5, 5.41) is 9.74. The van der Waals surface area contributed by atoms with Crippen LogP contribution < -0.4 is 0 Å². The average molecular weight is 215 g/mol. The van der Waals surface area contributed by atoms with E-state index < -0.39 is 0 Å². The van der Waals surface area contributed by atoms with Crippen LogP contribution in [0, 0.1) is 5.41 Å². The molecule has 0 aromatic carbocycles. The highest BCUT2D eigenvalue weighted by Gasteiger charge is 2.11. The van der Waals surface area contributed by atoms with Gasteiger partial charge in [-0.25, -0.2) is 0 Å². The Morgan fingerprint density at radius 1 is 1.07 bits per heavy atom. The second kappa shape index (κ2) is 7.24. The van der Waals surface area contributed by atoms with Crippen LogP contribution >= 0.6 is 0 Å². The first-order chi connectivity index (χ1) is 6.81. The molecule has 0 aliphatic carbocycles. The Kier molecular flexibility index (Phi) is 7.20. The normalized spacial score (nSPS) is 14.6. The minimum absolute atomic E-state index is 0.0905. The summed E-state index contributed by atoms with van der Waals surface area (Å²) < 4.78 is 0.